The largest absolute Gasteiger partial charge is 0.478 e. The molecule has 0 saturated carbocycles. The zero-order valence-electron chi connectivity index (χ0n) is 12.4. The summed E-state index contributed by atoms with van der Waals surface area (Å²) in [5.41, 5.74) is 0.854. The molecule has 0 aromatic heterocycles. The highest BCUT2D eigenvalue weighted by atomic mass is 16.4. The van der Waals surface area contributed by atoms with E-state index in [9.17, 15) is 9.59 Å². The molecule has 0 bridgehead atoms. The van der Waals surface area contributed by atoms with Gasteiger partial charge in [0, 0.05) is 5.54 Å². The number of carboxylic acid groups (broad SMARTS) is 1. The SMILES string of the molecule is CCC(C)(CC)NC(=O)Nc1c(C)cccc1C(=O)O. The van der Waals surface area contributed by atoms with E-state index in [-0.39, 0.29) is 17.1 Å². The zero-order valence-corrected chi connectivity index (χ0v) is 12.4. The van der Waals surface area contributed by atoms with Crippen molar-refractivity contribution in [3.05, 3.63) is 29.3 Å². The number of aryl methyl sites for hydroxylation is 1. The summed E-state index contributed by atoms with van der Waals surface area (Å²) in [6.45, 7) is 7.73. The van der Waals surface area contributed by atoms with Gasteiger partial charge in [-0.25, -0.2) is 9.59 Å². The summed E-state index contributed by atoms with van der Waals surface area (Å²) in [7, 11) is 0. The first kappa shape index (κ1) is 16.0. The van der Waals surface area contributed by atoms with E-state index in [4.69, 9.17) is 5.11 Å². The number of anilines is 1. The van der Waals surface area contributed by atoms with Crippen LogP contribution in [-0.4, -0.2) is 22.6 Å². The van der Waals surface area contributed by atoms with Gasteiger partial charge in [-0.2, -0.15) is 0 Å². The summed E-state index contributed by atoms with van der Waals surface area (Å²) in [6.07, 6.45) is 1.60. The lowest BCUT2D eigenvalue weighted by Crippen LogP contribution is -2.47. The van der Waals surface area contributed by atoms with E-state index in [1.807, 2.05) is 20.8 Å². The highest BCUT2D eigenvalue weighted by Crippen LogP contribution is 2.21. The molecule has 0 radical (unpaired) electrons. The Balaban J connectivity index is 2.94. The van der Waals surface area contributed by atoms with Crippen LogP contribution in [0.5, 0.6) is 0 Å². The number of hydrogen-bond acceptors (Lipinski definition) is 2. The van der Waals surface area contributed by atoms with Crippen molar-refractivity contribution in [1.29, 1.82) is 0 Å². The number of nitrogens with one attached hydrogen (secondary N) is 2. The second kappa shape index (κ2) is 6.41. The maximum atomic E-state index is 12.1. The Kier molecular flexibility index (Phi) is 5.13. The van der Waals surface area contributed by atoms with Crippen LogP contribution in [0.1, 0.15) is 49.5 Å². The van der Waals surface area contributed by atoms with Crippen molar-refractivity contribution >= 4 is 17.7 Å². The van der Waals surface area contributed by atoms with E-state index in [2.05, 4.69) is 10.6 Å². The second-order valence-electron chi connectivity index (χ2n) is 5.15. The minimum atomic E-state index is -1.06. The first-order valence-electron chi connectivity index (χ1n) is 6.75. The first-order valence-corrected chi connectivity index (χ1v) is 6.75. The normalized spacial score (nSPS) is 11.0. The molecular weight excluding hydrogens is 256 g/mol. The molecule has 110 valence electrons. The zero-order chi connectivity index (χ0) is 15.3. The fourth-order valence-electron chi connectivity index (χ4n) is 1.86. The molecule has 2 amide bonds. The molecule has 5 heteroatoms. The second-order valence-corrected chi connectivity index (χ2v) is 5.15. The topological polar surface area (TPSA) is 78.4 Å². The van der Waals surface area contributed by atoms with Gasteiger partial charge in [0.1, 0.15) is 0 Å². The maximum absolute atomic E-state index is 12.1. The Hall–Kier alpha value is -2.04. The number of carbonyl (C=O) groups excluding carboxylic acids is 1. The number of aromatic carboxylic acids is 1. The third-order valence-electron chi connectivity index (χ3n) is 3.72. The Morgan fingerprint density at radius 3 is 2.35 bits per heavy atom. The summed E-state index contributed by atoms with van der Waals surface area (Å²) in [5.74, 6) is -1.06. The molecule has 1 rings (SSSR count). The fourth-order valence-corrected chi connectivity index (χ4v) is 1.86. The van der Waals surface area contributed by atoms with E-state index >= 15 is 0 Å². The molecule has 0 unspecified atom stereocenters. The number of carbonyl (C=O) groups is 2. The van der Waals surface area contributed by atoms with Crippen molar-refractivity contribution in [1.82, 2.24) is 5.32 Å². The van der Waals surface area contributed by atoms with Gasteiger partial charge in [-0.05, 0) is 38.3 Å². The molecule has 20 heavy (non-hydrogen) atoms. The van der Waals surface area contributed by atoms with E-state index < -0.39 is 5.97 Å². The van der Waals surface area contributed by atoms with Crippen LogP contribution in [-0.2, 0) is 0 Å². The predicted octanol–water partition coefficient (Wildman–Crippen LogP) is 3.39. The lowest BCUT2D eigenvalue weighted by Gasteiger charge is -2.28. The Labute approximate surface area is 119 Å². The van der Waals surface area contributed by atoms with Gasteiger partial charge in [-0.3, -0.25) is 0 Å². The van der Waals surface area contributed by atoms with Crippen molar-refractivity contribution in [2.24, 2.45) is 0 Å². The molecule has 0 saturated heterocycles. The van der Waals surface area contributed by atoms with Crippen molar-refractivity contribution < 1.29 is 14.7 Å². The number of amides is 2. The van der Waals surface area contributed by atoms with Crippen LogP contribution in [0.15, 0.2) is 18.2 Å². The number of benzene rings is 1. The van der Waals surface area contributed by atoms with Crippen LogP contribution >= 0.6 is 0 Å². The van der Waals surface area contributed by atoms with Crippen LogP contribution < -0.4 is 10.6 Å². The van der Waals surface area contributed by atoms with Crippen molar-refractivity contribution in [2.45, 2.75) is 46.1 Å². The molecule has 0 spiro atoms. The van der Waals surface area contributed by atoms with Crippen LogP contribution in [0.2, 0.25) is 0 Å². The van der Waals surface area contributed by atoms with Gasteiger partial charge in [0.15, 0.2) is 0 Å². The van der Waals surface area contributed by atoms with Crippen LogP contribution in [0.4, 0.5) is 10.5 Å². The molecule has 0 aliphatic heterocycles. The molecule has 1 aromatic rings. The van der Waals surface area contributed by atoms with Gasteiger partial charge in [0.25, 0.3) is 0 Å². The molecule has 1 aromatic carbocycles. The number of hydrogen-bond donors (Lipinski definition) is 3. The Bertz CT molecular complexity index is 508. The monoisotopic (exact) mass is 278 g/mol. The van der Waals surface area contributed by atoms with E-state index in [1.54, 1.807) is 19.1 Å². The third kappa shape index (κ3) is 3.73. The molecule has 0 atom stereocenters. The highest BCUT2D eigenvalue weighted by Gasteiger charge is 2.23. The molecule has 0 fully saturated rings. The summed E-state index contributed by atoms with van der Waals surface area (Å²) in [6, 6.07) is 4.52. The summed E-state index contributed by atoms with van der Waals surface area (Å²) < 4.78 is 0. The van der Waals surface area contributed by atoms with Crippen LogP contribution in [0.3, 0.4) is 0 Å². The first-order chi connectivity index (χ1) is 9.33. The lowest BCUT2D eigenvalue weighted by atomic mass is 9.96. The minimum absolute atomic E-state index is 0.0925. The summed E-state index contributed by atoms with van der Waals surface area (Å²) in [5, 5.41) is 14.7. The molecule has 3 N–H and O–H groups in total. The number of rotatable bonds is 5. The fraction of sp³-hybridized carbons (Fsp3) is 0.467. The molecular formula is C15H22N2O3. The van der Waals surface area contributed by atoms with Gasteiger partial charge in [0.2, 0.25) is 0 Å². The number of urea groups is 1. The lowest BCUT2D eigenvalue weighted by molar-refractivity contribution is 0.0698. The van der Waals surface area contributed by atoms with Crippen molar-refractivity contribution in [2.75, 3.05) is 5.32 Å². The molecule has 5 nitrogen and oxygen atoms in total. The van der Waals surface area contributed by atoms with E-state index in [1.165, 1.54) is 6.07 Å². The summed E-state index contributed by atoms with van der Waals surface area (Å²) in [4.78, 5) is 23.2. The molecule has 0 aliphatic carbocycles. The smallest absolute Gasteiger partial charge is 0.337 e. The number of para-hydroxylation sites is 1. The van der Waals surface area contributed by atoms with Gasteiger partial charge in [-0.1, -0.05) is 26.0 Å². The van der Waals surface area contributed by atoms with Crippen molar-refractivity contribution in [3.63, 3.8) is 0 Å². The third-order valence-corrected chi connectivity index (χ3v) is 3.72. The molecule has 0 aliphatic rings. The van der Waals surface area contributed by atoms with Gasteiger partial charge in [0.05, 0.1) is 11.3 Å². The molecule has 0 heterocycles. The van der Waals surface area contributed by atoms with Gasteiger partial charge >= 0.3 is 12.0 Å². The van der Waals surface area contributed by atoms with E-state index in [0.29, 0.717) is 5.69 Å². The predicted molar refractivity (Wildman–Crippen MR) is 79.3 cm³/mol. The maximum Gasteiger partial charge on any atom is 0.337 e. The Morgan fingerprint density at radius 1 is 1.25 bits per heavy atom. The Morgan fingerprint density at radius 2 is 1.85 bits per heavy atom. The van der Waals surface area contributed by atoms with Gasteiger partial charge < -0.3 is 15.7 Å². The van der Waals surface area contributed by atoms with Gasteiger partial charge in [-0.15, -0.1) is 0 Å². The summed E-state index contributed by atoms with van der Waals surface area (Å²) >= 11 is 0. The van der Waals surface area contributed by atoms with Crippen LogP contribution in [0, 0.1) is 6.92 Å². The van der Waals surface area contributed by atoms with E-state index in [0.717, 1.165) is 18.4 Å². The minimum Gasteiger partial charge on any atom is -0.478 e. The average molecular weight is 278 g/mol. The average Bonchev–Trinajstić information content (AvgIpc) is 2.40. The number of carboxylic acids is 1. The quantitative estimate of drug-likeness (QED) is 0.772. The standard InChI is InChI=1S/C15H22N2O3/c1-5-15(4,6-2)17-14(20)16-12-10(3)8-7-9-11(12)13(18)19/h7-9H,5-6H2,1-4H3,(H,18,19)(H2,16,17,20). The van der Waals surface area contributed by atoms with Crippen LogP contribution in [0.25, 0.3) is 0 Å². The highest BCUT2D eigenvalue weighted by molar-refractivity contribution is 6.01. The van der Waals surface area contributed by atoms with Crippen molar-refractivity contribution in [3.8, 4) is 0 Å².